The number of rotatable bonds is 2. The second-order valence-electron chi connectivity index (χ2n) is 4.89. The Morgan fingerprint density at radius 3 is 2.14 bits per heavy atom. The molecule has 0 bridgehead atoms. The highest BCUT2D eigenvalue weighted by molar-refractivity contribution is 6.20. The maximum atomic E-state index is 12.0. The first-order valence-electron chi connectivity index (χ1n) is 6.83. The molecule has 4 nitrogen and oxygen atoms in total. The predicted molar refractivity (Wildman–Crippen MR) is 81.0 cm³/mol. The van der Waals surface area contributed by atoms with Crippen LogP contribution in [0, 0.1) is 18.8 Å². The van der Waals surface area contributed by atoms with Gasteiger partial charge in [0.1, 0.15) is 6.61 Å². The molecule has 3 rings (SSSR count). The van der Waals surface area contributed by atoms with E-state index in [9.17, 15) is 9.59 Å². The van der Waals surface area contributed by atoms with Gasteiger partial charge in [-0.15, -0.1) is 5.06 Å². The third-order valence-corrected chi connectivity index (χ3v) is 3.31. The van der Waals surface area contributed by atoms with Crippen molar-refractivity contribution in [2.45, 2.75) is 6.92 Å². The van der Waals surface area contributed by atoms with Crippen molar-refractivity contribution < 1.29 is 14.4 Å². The number of hydrogen-bond acceptors (Lipinski definition) is 3. The Bertz CT molecular complexity index is 762. The fraction of sp³-hybridized carbons (Fsp3) is 0.111. The number of aryl methyl sites for hydroxylation is 1. The van der Waals surface area contributed by atoms with E-state index in [-0.39, 0.29) is 6.61 Å². The van der Waals surface area contributed by atoms with Gasteiger partial charge < -0.3 is 0 Å². The first-order chi connectivity index (χ1) is 10.7. The maximum absolute atomic E-state index is 12.0. The minimum absolute atomic E-state index is 0.0284. The summed E-state index contributed by atoms with van der Waals surface area (Å²) in [6.07, 6.45) is 0. The molecule has 2 aromatic carbocycles. The number of hydroxylamine groups is 2. The number of imide groups is 1. The molecular formula is C18H13NO3. The molecule has 0 N–H and O–H groups in total. The van der Waals surface area contributed by atoms with Crippen molar-refractivity contribution in [3.63, 3.8) is 0 Å². The number of nitrogens with zero attached hydrogens (tertiary/aromatic N) is 1. The molecule has 2 aromatic rings. The fourth-order valence-corrected chi connectivity index (χ4v) is 2.16. The molecule has 1 heterocycles. The SMILES string of the molecule is Cc1ccc(C#CCON2C(=O)c3ccccc3C2=O)cc1. The molecule has 4 heteroatoms. The highest BCUT2D eigenvalue weighted by Crippen LogP contribution is 2.22. The zero-order chi connectivity index (χ0) is 15.5. The van der Waals surface area contributed by atoms with Crippen molar-refractivity contribution in [1.82, 2.24) is 5.06 Å². The molecule has 22 heavy (non-hydrogen) atoms. The standard InChI is InChI=1S/C18H13NO3/c1-13-8-10-14(11-9-13)5-4-12-22-19-17(20)15-6-2-3-7-16(15)18(19)21/h2-3,6-11H,12H2,1H3. The highest BCUT2D eigenvalue weighted by atomic mass is 16.7. The lowest BCUT2D eigenvalue weighted by molar-refractivity contribution is -0.0782. The van der Waals surface area contributed by atoms with Gasteiger partial charge in [0.05, 0.1) is 11.1 Å². The minimum atomic E-state index is -0.447. The lowest BCUT2D eigenvalue weighted by Crippen LogP contribution is -2.30. The Labute approximate surface area is 128 Å². The van der Waals surface area contributed by atoms with Gasteiger partial charge >= 0.3 is 0 Å². The van der Waals surface area contributed by atoms with Crippen LogP contribution in [0.2, 0.25) is 0 Å². The lowest BCUT2D eigenvalue weighted by atomic mass is 10.1. The Kier molecular flexibility index (Phi) is 3.73. The zero-order valence-corrected chi connectivity index (χ0v) is 12.0. The van der Waals surface area contributed by atoms with Gasteiger partial charge in [0, 0.05) is 5.56 Å². The molecule has 1 aliphatic rings. The van der Waals surface area contributed by atoms with E-state index in [0.29, 0.717) is 11.1 Å². The Morgan fingerprint density at radius 2 is 1.55 bits per heavy atom. The van der Waals surface area contributed by atoms with Crippen molar-refractivity contribution in [2.24, 2.45) is 0 Å². The average molecular weight is 291 g/mol. The summed E-state index contributed by atoms with van der Waals surface area (Å²) in [6, 6.07) is 14.4. The molecule has 108 valence electrons. The van der Waals surface area contributed by atoms with Gasteiger partial charge in [0.25, 0.3) is 11.8 Å². The van der Waals surface area contributed by atoms with Crippen LogP contribution in [0.15, 0.2) is 48.5 Å². The number of hydrogen-bond donors (Lipinski definition) is 0. The van der Waals surface area contributed by atoms with Crippen LogP contribution in [0.25, 0.3) is 0 Å². The molecule has 0 radical (unpaired) electrons. The maximum Gasteiger partial charge on any atom is 0.285 e. The van der Waals surface area contributed by atoms with Crippen LogP contribution < -0.4 is 0 Å². The van der Waals surface area contributed by atoms with Gasteiger partial charge in [-0.2, -0.15) is 0 Å². The van der Waals surface area contributed by atoms with Crippen LogP contribution >= 0.6 is 0 Å². The number of carbonyl (C=O) groups is 2. The minimum Gasteiger partial charge on any atom is -0.266 e. The number of carbonyl (C=O) groups excluding carboxylic acids is 2. The van der Waals surface area contributed by atoms with Gasteiger partial charge in [0.2, 0.25) is 0 Å². The third kappa shape index (κ3) is 2.62. The summed E-state index contributed by atoms with van der Waals surface area (Å²) in [5, 5.41) is 0.772. The predicted octanol–water partition coefficient (Wildman–Crippen LogP) is 2.57. The van der Waals surface area contributed by atoms with Gasteiger partial charge in [-0.05, 0) is 31.2 Å². The molecule has 0 fully saturated rings. The van der Waals surface area contributed by atoms with E-state index in [1.54, 1.807) is 24.3 Å². The van der Waals surface area contributed by atoms with Crippen LogP contribution in [0.4, 0.5) is 0 Å². The van der Waals surface area contributed by atoms with Crippen molar-refractivity contribution in [2.75, 3.05) is 6.61 Å². The van der Waals surface area contributed by atoms with E-state index in [0.717, 1.165) is 16.2 Å². The highest BCUT2D eigenvalue weighted by Gasteiger charge is 2.36. The Balaban J connectivity index is 1.65. The number of benzene rings is 2. The monoisotopic (exact) mass is 291 g/mol. The fourth-order valence-electron chi connectivity index (χ4n) is 2.16. The summed E-state index contributed by atoms with van der Waals surface area (Å²) in [5.74, 6) is 4.83. The molecule has 0 saturated carbocycles. The summed E-state index contributed by atoms with van der Waals surface area (Å²) in [6.45, 7) is 1.97. The summed E-state index contributed by atoms with van der Waals surface area (Å²) in [5.41, 5.74) is 2.74. The van der Waals surface area contributed by atoms with Gasteiger partial charge in [0.15, 0.2) is 0 Å². The van der Waals surface area contributed by atoms with Crippen molar-refractivity contribution in [3.05, 3.63) is 70.8 Å². The molecule has 0 aliphatic carbocycles. The van der Waals surface area contributed by atoms with E-state index in [1.165, 1.54) is 0 Å². The normalized spacial score (nSPS) is 12.9. The topological polar surface area (TPSA) is 46.6 Å². The Hall–Kier alpha value is -2.90. The van der Waals surface area contributed by atoms with Crippen LogP contribution in [0.1, 0.15) is 31.8 Å². The molecular weight excluding hydrogens is 278 g/mol. The smallest absolute Gasteiger partial charge is 0.266 e. The molecule has 2 amide bonds. The first kappa shape index (κ1) is 14.1. The summed E-state index contributed by atoms with van der Waals surface area (Å²) in [4.78, 5) is 29.3. The van der Waals surface area contributed by atoms with Crippen LogP contribution in [-0.2, 0) is 4.84 Å². The van der Waals surface area contributed by atoms with Gasteiger partial charge in [-0.25, -0.2) is 4.84 Å². The second kappa shape index (κ2) is 5.84. The van der Waals surface area contributed by atoms with Crippen molar-refractivity contribution >= 4 is 11.8 Å². The number of fused-ring (bicyclic) bond motifs is 1. The molecule has 1 aliphatic heterocycles. The zero-order valence-electron chi connectivity index (χ0n) is 12.0. The Morgan fingerprint density at radius 1 is 0.955 bits per heavy atom. The summed E-state index contributed by atoms with van der Waals surface area (Å²) < 4.78 is 0. The van der Waals surface area contributed by atoms with Crippen LogP contribution in [0.5, 0.6) is 0 Å². The molecule has 0 saturated heterocycles. The lowest BCUT2D eigenvalue weighted by Gasteiger charge is -2.10. The molecule has 0 atom stereocenters. The summed E-state index contributed by atoms with van der Waals surface area (Å²) in [7, 11) is 0. The van der Waals surface area contributed by atoms with E-state index in [2.05, 4.69) is 11.8 Å². The van der Waals surface area contributed by atoms with Crippen molar-refractivity contribution in [1.29, 1.82) is 0 Å². The number of amides is 2. The summed E-state index contributed by atoms with van der Waals surface area (Å²) >= 11 is 0. The van der Waals surface area contributed by atoms with Gasteiger partial charge in [-0.3, -0.25) is 9.59 Å². The second-order valence-corrected chi connectivity index (χ2v) is 4.89. The quantitative estimate of drug-likeness (QED) is 0.631. The molecule has 0 aromatic heterocycles. The van der Waals surface area contributed by atoms with E-state index >= 15 is 0 Å². The third-order valence-electron chi connectivity index (χ3n) is 3.31. The van der Waals surface area contributed by atoms with E-state index in [1.807, 2.05) is 31.2 Å². The molecule has 0 spiro atoms. The van der Waals surface area contributed by atoms with Crippen LogP contribution in [0.3, 0.4) is 0 Å². The van der Waals surface area contributed by atoms with E-state index < -0.39 is 11.8 Å². The largest absolute Gasteiger partial charge is 0.285 e. The van der Waals surface area contributed by atoms with E-state index in [4.69, 9.17) is 4.84 Å². The first-order valence-corrected chi connectivity index (χ1v) is 6.83. The van der Waals surface area contributed by atoms with Crippen molar-refractivity contribution in [3.8, 4) is 11.8 Å². The molecule has 0 unspecified atom stereocenters. The van der Waals surface area contributed by atoms with Gasteiger partial charge in [-0.1, -0.05) is 41.7 Å². The van der Waals surface area contributed by atoms with Crippen LogP contribution in [-0.4, -0.2) is 23.5 Å². The average Bonchev–Trinajstić information content (AvgIpc) is 2.78.